The molecule has 0 radical (unpaired) electrons. The number of benzene rings is 1. The number of halogens is 4. The summed E-state index contributed by atoms with van der Waals surface area (Å²) in [4.78, 5) is -0.0390. The van der Waals surface area contributed by atoms with E-state index in [2.05, 4.69) is 10.1 Å². The summed E-state index contributed by atoms with van der Waals surface area (Å²) in [5.41, 5.74) is 0. The van der Waals surface area contributed by atoms with E-state index in [1.54, 1.807) is 6.92 Å². The molecule has 0 saturated carbocycles. The van der Waals surface area contributed by atoms with Gasteiger partial charge in [0.15, 0.2) is 0 Å². The number of sulfonamides is 1. The zero-order valence-electron chi connectivity index (χ0n) is 11.6. The maximum atomic E-state index is 12.5. The van der Waals surface area contributed by atoms with E-state index in [-0.39, 0.29) is 34.1 Å². The van der Waals surface area contributed by atoms with Crippen LogP contribution in [0.15, 0.2) is 23.1 Å². The van der Waals surface area contributed by atoms with Gasteiger partial charge in [0.05, 0.1) is 9.92 Å². The highest BCUT2D eigenvalue weighted by atomic mass is 35.5. The van der Waals surface area contributed by atoms with Gasteiger partial charge in [-0.2, -0.15) is 13.1 Å². The van der Waals surface area contributed by atoms with Crippen molar-refractivity contribution < 1.29 is 21.9 Å². The highest BCUT2D eigenvalue weighted by molar-refractivity contribution is 7.89. The Labute approximate surface area is 139 Å². The summed E-state index contributed by atoms with van der Waals surface area (Å²) in [6.07, 6.45) is 0. The van der Waals surface area contributed by atoms with E-state index in [1.807, 2.05) is 0 Å². The van der Waals surface area contributed by atoms with E-state index >= 15 is 0 Å². The topological polar surface area (TPSA) is 58.6 Å². The average Bonchev–Trinajstić information content (AvgIpc) is 2.40. The molecule has 126 valence electrons. The van der Waals surface area contributed by atoms with Crippen molar-refractivity contribution in [3.63, 3.8) is 0 Å². The summed E-state index contributed by atoms with van der Waals surface area (Å²) in [6.45, 7) is 0.234. The van der Waals surface area contributed by atoms with E-state index in [4.69, 9.17) is 11.6 Å². The van der Waals surface area contributed by atoms with Crippen LogP contribution in [0.4, 0.5) is 8.78 Å². The molecule has 1 aliphatic heterocycles. The molecule has 0 amide bonds. The molecule has 1 aromatic rings. The van der Waals surface area contributed by atoms with E-state index in [0.717, 1.165) is 12.1 Å². The molecule has 0 aromatic heterocycles. The molecule has 1 saturated heterocycles. The van der Waals surface area contributed by atoms with Crippen LogP contribution in [-0.4, -0.2) is 45.0 Å². The van der Waals surface area contributed by atoms with Crippen LogP contribution in [0.2, 0.25) is 5.02 Å². The molecule has 0 spiro atoms. The minimum atomic E-state index is -3.71. The smallest absolute Gasteiger partial charge is 0.387 e. The predicted molar refractivity (Wildman–Crippen MR) is 81.6 cm³/mol. The lowest BCUT2D eigenvalue weighted by Crippen LogP contribution is -2.52. The maximum absolute atomic E-state index is 12.5. The molecule has 1 atom stereocenters. The fraction of sp³-hybridized carbons (Fsp3) is 0.500. The zero-order chi connectivity index (χ0) is 15.6. The van der Waals surface area contributed by atoms with Crippen molar-refractivity contribution >= 4 is 34.0 Å². The van der Waals surface area contributed by atoms with Crippen molar-refractivity contribution in [1.82, 2.24) is 9.62 Å². The molecule has 10 heteroatoms. The Morgan fingerprint density at radius 3 is 2.68 bits per heavy atom. The predicted octanol–water partition coefficient (Wildman–Crippen LogP) is 2.35. The van der Waals surface area contributed by atoms with Gasteiger partial charge in [-0.1, -0.05) is 11.6 Å². The molecule has 1 N–H and O–H groups in total. The van der Waals surface area contributed by atoms with Gasteiger partial charge >= 0.3 is 6.61 Å². The molecule has 1 heterocycles. The number of piperazine rings is 1. The third-order valence-electron chi connectivity index (χ3n) is 3.17. The molecule has 1 aromatic carbocycles. The SMILES string of the molecule is C[C@@H]1CNCCN1S(=O)(=O)c1ccc(OC(F)F)c(Cl)c1.Cl. The van der Waals surface area contributed by atoms with Crippen LogP contribution in [0.5, 0.6) is 5.75 Å². The molecule has 1 aliphatic rings. The Morgan fingerprint density at radius 2 is 2.14 bits per heavy atom. The minimum absolute atomic E-state index is 0. The van der Waals surface area contributed by atoms with Crippen LogP contribution in [0.25, 0.3) is 0 Å². The van der Waals surface area contributed by atoms with Gasteiger partial charge in [-0.25, -0.2) is 8.42 Å². The third-order valence-corrected chi connectivity index (χ3v) is 5.47. The quantitative estimate of drug-likeness (QED) is 0.875. The Kier molecular flexibility index (Phi) is 6.82. The first-order valence-corrected chi connectivity index (χ1v) is 8.11. The number of ether oxygens (including phenoxy) is 1. The Bertz CT molecular complexity index is 616. The first kappa shape index (κ1) is 19.4. The third kappa shape index (κ3) is 4.20. The molecule has 0 unspecified atom stereocenters. The number of nitrogens with one attached hydrogen (secondary N) is 1. The van der Waals surface area contributed by atoms with Crippen molar-refractivity contribution in [3.8, 4) is 5.75 Å². The largest absolute Gasteiger partial charge is 0.433 e. The number of hydrogen-bond acceptors (Lipinski definition) is 4. The molecule has 22 heavy (non-hydrogen) atoms. The second-order valence-electron chi connectivity index (χ2n) is 4.64. The molecular formula is C12H16Cl2F2N2O3S. The van der Waals surface area contributed by atoms with Crippen molar-refractivity contribution in [2.24, 2.45) is 0 Å². The number of alkyl halides is 2. The highest BCUT2D eigenvalue weighted by Gasteiger charge is 2.31. The van der Waals surface area contributed by atoms with Gasteiger partial charge in [-0.3, -0.25) is 0 Å². The van der Waals surface area contributed by atoms with Gasteiger partial charge < -0.3 is 10.1 Å². The molecule has 0 aliphatic carbocycles. The summed E-state index contributed by atoms with van der Waals surface area (Å²) in [6, 6.07) is 3.28. The Balaban J connectivity index is 0.00000242. The molecule has 2 rings (SSSR count). The van der Waals surface area contributed by atoms with Gasteiger partial charge in [0.25, 0.3) is 0 Å². The van der Waals surface area contributed by atoms with E-state index in [0.29, 0.717) is 19.6 Å². The van der Waals surface area contributed by atoms with Gasteiger partial charge in [-0.05, 0) is 25.1 Å². The summed E-state index contributed by atoms with van der Waals surface area (Å²) in [5.74, 6) is -0.251. The number of rotatable bonds is 4. The Hall–Kier alpha value is -0.670. The molecule has 1 fully saturated rings. The van der Waals surface area contributed by atoms with Crippen LogP contribution < -0.4 is 10.1 Å². The fourth-order valence-corrected chi connectivity index (χ4v) is 4.10. The maximum Gasteiger partial charge on any atom is 0.387 e. The second kappa shape index (κ2) is 7.74. The van der Waals surface area contributed by atoms with Gasteiger partial charge in [0.1, 0.15) is 5.75 Å². The molecule has 5 nitrogen and oxygen atoms in total. The average molecular weight is 377 g/mol. The van der Waals surface area contributed by atoms with Crippen LogP contribution in [0.1, 0.15) is 6.92 Å². The normalized spacial score (nSPS) is 19.8. The van der Waals surface area contributed by atoms with Crippen molar-refractivity contribution in [1.29, 1.82) is 0 Å². The molecular weight excluding hydrogens is 361 g/mol. The first-order chi connectivity index (χ1) is 9.82. The van der Waals surface area contributed by atoms with E-state index in [9.17, 15) is 17.2 Å². The fourth-order valence-electron chi connectivity index (χ4n) is 2.15. The van der Waals surface area contributed by atoms with Crippen LogP contribution in [-0.2, 0) is 10.0 Å². The van der Waals surface area contributed by atoms with Crippen molar-refractivity contribution in [3.05, 3.63) is 23.2 Å². The van der Waals surface area contributed by atoms with Crippen LogP contribution in [0, 0.1) is 0 Å². The summed E-state index contributed by atoms with van der Waals surface area (Å²) < 4.78 is 55.0. The van der Waals surface area contributed by atoms with Crippen molar-refractivity contribution in [2.45, 2.75) is 24.5 Å². The lowest BCUT2D eigenvalue weighted by atomic mass is 10.3. The zero-order valence-corrected chi connectivity index (χ0v) is 14.0. The van der Waals surface area contributed by atoms with Gasteiger partial charge in [0.2, 0.25) is 10.0 Å². The van der Waals surface area contributed by atoms with E-state index in [1.165, 1.54) is 10.4 Å². The first-order valence-electron chi connectivity index (χ1n) is 6.29. The van der Waals surface area contributed by atoms with E-state index < -0.39 is 16.6 Å². The number of hydrogen-bond donors (Lipinski definition) is 1. The standard InChI is InChI=1S/C12H15ClF2N2O3S.ClH/c1-8-7-16-4-5-17(8)21(18,19)9-2-3-11(10(13)6-9)20-12(14)15;/h2-3,6,8,12,16H,4-5,7H2,1H3;1H/t8-;/m1./s1. The second-order valence-corrected chi connectivity index (χ2v) is 6.94. The van der Waals surface area contributed by atoms with Crippen LogP contribution in [0.3, 0.4) is 0 Å². The lowest BCUT2D eigenvalue weighted by Gasteiger charge is -2.32. The number of nitrogens with zero attached hydrogens (tertiary/aromatic N) is 1. The van der Waals surface area contributed by atoms with Crippen molar-refractivity contribution in [2.75, 3.05) is 19.6 Å². The lowest BCUT2D eigenvalue weighted by molar-refractivity contribution is -0.0498. The minimum Gasteiger partial charge on any atom is -0.433 e. The summed E-state index contributed by atoms with van der Waals surface area (Å²) in [7, 11) is -3.71. The van der Waals surface area contributed by atoms with Gasteiger partial charge in [0, 0.05) is 25.7 Å². The monoisotopic (exact) mass is 376 g/mol. The Morgan fingerprint density at radius 1 is 1.45 bits per heavy atom. The molecule has 0 bridgehead atoms. The highest BCUT2D eigenvalue weighted by Crippen LogP contribution is 2.30. The van der Waals surface area contributed by atoms with Crippen LogP contribution >= 0.6 is 24.0 Å². The summed E-state index contributed by atoms with van der Waals surface area (Å²) in [5, 5.41) is 2.93. The van der Waals surface area contributed by atoms with Gasteiger partial charge in [-0.15, -0.1) is 12.4 Å². The summed E-state index contributed by atoms with van der Waals surface area (Å²) >= 11 is 5.80.